The van der Waals surface area contributed by atoms with Gasteiger partial charge in [0.15, 0.2) is 5.13 Å². The Balaban J connectivity index is 2.69. The molecule has 1 heterocycles. The Morgan fingerprint density at radius 1 is 1.57 bits per heavy atom. The Morgan fingerprint density at radius 3 is 2.86 bits per heavy atom. The van der Waals surface area contributed by atoms with Crippen molar-refractivity contribution in [2.24, 2.45) is 0 Å². The number of hydrogen-bond donors (Lipinski definition) is 2. The fraction of sp³-hybridized carbons (Fsp3) is 0.556. The minimum Gasteiger partial charge on any atom is -0.477 e. The lowest BCUT2D eigenvalue weighted by molar-refractivity contribution is 0.0700. The summed E-state index contributed by atoms with van der Waals surface area (Å²) >= 11 is 1.05. The monoisotopic (exact) mass is 214 g/mol. The highest BCUT2D eigenvalue weighted by Gasteiger charge is 2.15. The highest BCUT2D eigenvalue weighted by Crippen LogP contribution is 2.22. The van der Waals surface area contributed by atoms with Gasteiger partial charge in [-0.25, -0.2) is 9.78 Å². The highest BCUT2D eigenvalue weighted by atomic mass is 32.1. The number of unbranched alkanes of at least 4 members (excludes halogenated alkanes) is 2. The van der Waals surface area contributed by atoms with Crippen molar-refractivity contribution < 1.29 is 9.90 Å². The number of nitrogens with zero attached hydrogens (tertiary/aromatic N) is 1. The van der Waals surface area contributed by atoms with Gasteiger partial charge in [-0.15, -0.1) is 0 Å². The molecule has 3 N–H and O–H groups in total. The molecule has 0 fully saturated rings. The van der Waals surface area contributed by atoms with Crippen LogP contribution in [0.25, 0.3) is 0 Å². The van der Waals surface area contributed by atoms with Crippen LogP contribution in [0.1, 0.15) is 41.6 Å². The Bertz CT molecular complexity index is 323. The molecule has 0 aromatic carbocycles. The molecule has 0 amide bonds. The van der Waals surface area contributed by atoms with Crippen LogP contribution in [0.3, 0.4) is 0 Å². The first kappa shape index (κ1) is 11.0. The van der Waals surface area contributed by atoms with E-state index in [4.69, 9.17) is 10.8 Å². The number of nitrogen functional groups attached to an aromatic ring is 1. The van der Waals surface area contributed by atoms with Crippen molar-refractivity contribution in [1.82, 2.24) is 4.98 Å². The lowest BCUT2D eigenvalue weighted by Crippen LogP contribution is -1.99. The van der Waals surface area contributed by atoms with Crippen LogP contribution in [0.2, 0.25) is 0 Å². The number of hydrogen-bond acceptors (Lipinski definition) is 4. The molecule has 0 saturated heterocycles. The number of aryl methyl sites for hydroxylation is 1. The number of aromatic nitrogens is 1. The largest absolute Gasteiger partial charge is 0.477 e. The van der Waals surface area contributed by atoms with Gasteiger partial charge in [-0.05, 0) is 12.8 Å². The van der Waals surface area contributed by atoms with E-state index in [1.54, 1.807) is 0 Å². The molecule has 4 nitrogen and oxygen atoms in total. The summed E-state index contributed by atoms with van der Waals surface area (Å²) in [6.45, 7) is 2.10. The molecule has 0 atom stereocenters. The first-order chi connectivity index (χ1) is 6.65. The van der Waals surface area contributed by atoms with Gasteiger partial charge in [-0.1, -0.05) is 31.1 Å². The minimum atomic E-state index is -0.925. The van der Waals surface area contributed by atoms with Gasteiger partial charge in [0.25, 0.3) is 0 Å². The number of carboxylic acids is 1. The van der Waals surface area contributed by atoms with E-state index in [0.29, 0.717) is 22.1 Å². The Labute approximate surface area is 86.8 Å². The molecule has 0 aliphatic carbocycles. The van der Waals surface area contributed by atoms with E-state index in [-0.39, 0.29) is 0 Å². The van der Waals surface area contributed by atoms with Gasteiger partial charge in [0.1, 0.15) is 4.88 Å². The molecule has 0 aliphatic rings. The molecule has 0 radical (unpaired) electrons. The van der Waals surface area contributed by atoms with Crippen LogP contribution in [0.5, 0.6) is 0 Å². The lowest BCUT2D eigenvalue weighted by Gasteiger charge is -1.96. The number of anilines is 1. The number of nitrogens with two attached hydrogens (primary N) is 1. The topological polar surface area (TPSA) is 76.2 Å². The maximum absolute atomic E-state index is 10.8. The summed E-state index contributed by atoms with van der Waals surface area (Å²) in [6, 6.07) is 0. The molecule has 0 aliphatic heterocycles. The van der Waals surface area contributed by atoms with Gasteiger partial charge in [0, 0.05) is 0 Å². The predicted molar refractivity (Wildman–Crippen MR) is 56.7 cm³/mol. The maximum Gasteiger partial charge on any atom is 0.347 e. The van der Waals surface area contributed by atoms with Crippen LogP contribution in [-0.2, 0) is 6.42 Å². The summed E-state index contributed by atoms with van der Waals surface area (Å²) < 4.78 is 0. The summed E-state index contributed by atoms with van der Waals surface area (Å²) in [5.41, 5.74) is 6.10. The van der Waals surface area contributed by atoms with Crippen molar-refractivity contribution >= 4 is 22.4 Å². The van der Waals surface area contributed by atoms with Gasteiger partial charge in [-0.3, -0.25) is 0 Å². The Hall–Kier alpha value is -1.10. The number of aromatic carboxylic acids is 1. The fourth-order valence-corrected chi connectivity index (χ4v) is 1.97. The molecule has 5 heteroatoms. The van der Waals surface area contributed by atoms with Gasteiger partial charge >= 0.3 is 5.97 Å². The van der Waals surface area contributed by atoms with Gasteiger partial charge in [0.05, 0.1) is 5.69 Å². The molecular weight excluding hydrogens is 200 g/mol. The zero-order chi connectivity index (χ0) is 10.6. The van der Waals surface area contributed by atoms with Crippen molar-refractivity contribution in [2.45, 2.75) is 32.6 Å². The molecule has 78 valence electrons. The molecule has 0 spiro atoms. The summed E-state index contributed by atoms with van der Waals surface area (Å²) in [6.07, 6.45) is 3.89. The third-order valence-electron chi connectivity index (χ3n) is 1.93. The first-order valence-corrected chi connectivity index (χ1v) is 5.45. The fourth-order valence-electron chi connectivity index (χ4n) is 1.25. The summed E-state index contributed by atoms with van der Waals surface area (Å²) in [4.78, 5) is 15.1. The second-order valence-corrected chi connectivity index (χ2v) is 4.12. The molecule has 1 aromatic rings. The van der Waals surface area contributed by atoms with Crippen LogP contribution in [0.4, 0.5) is 5.13 Å². The van der Waals surface area contributed by atoms with Crippen molar-refractivity contribution in [2.75, 3.05) is 5.73 Å². The molecular formula is C9H14N2O2S. The van der Waals surface area contributed by atoms with E-state index in [2.05, 4.69) is 11.9 Å². The first-order valence-electron chi connectivity index (χ1n) is 4.63. The van der Waals surface area contributed by atoms with Crippen LogP contribution in [0, 0.1) is 0 Å². The van der Waals surface area contributed by atoms with E-state index in [0.717, 1.165) is 30.6 Å². The second-order valence-electron chi connectivity index (χ2n) is 3.09. The molecule has 0 unspecified atom stereocenters. The third kappa shape index (κ3) is 2.70. The average Bonchev–Trinajstić information content (AvgIpc) is 2.47. The SMILES string of the molecule is CCCCCc1nc(N)sc1C(=O)O. The summed E-state index contributed by atoms with van der Waals surface area (Å²) in [5, 5.41) is 9.19. The average molecular weight is 214 g/mol. The van der Waals surface area contributed by atoms with Crippen LogP contribution in [-0.4, -0.2) is 16.1 Å². The lowest BCUT2D eigenvalue weighted by atomic mass is 10.1. The zero-order valence-corrected chi connectivity index (χ0v) is 8.93. The van der Waals surface area contributed by atoms with Gasteiger partial charge < -0.3 is 10.8 Å². The van der Waals surface area contributed by atoms with Gasteiger partial charge in [-0.2, -0.15) is 0 Å². The van der Waals surface area contributed by atoms with Crippen molar-refractivity contribution in [1.29, 1.82) is 0 Å². The maximum atomic E-state index is 10.8. The van der Waals surface area contributed by atoms with Crippen LogP contribution >= 0.6 is 11.3 Å². The number of rotatable bonds is 5. The van der Waals surface area contributed by atoms with Crippen LogP contribution in [0.15, 0.2) is 0 Å². The van der Waals surface area contributed by atoms with E-state index in [1.165, 1.54) is 0 Å². The van der Waals surface area contributed by atoms with E-state index in [9.17, 15) is 4.79 Å². The van der Waals surface area contributed by atoms with Crippen molar-refractivity contribution in [3.63, 3.8) is 0 Å². The summed E-state index contributed by atoms with van der Waals surface area (Å²) in [5.74, 6) is -0.925. The van der Waals surface area contributed by atoms with E-state index in [1.807, 2.05) is 0 Å². The zero-order valence-electron chi connectivity index (χ0n) is 8.12. The number of thiazole rings is 1. The third-order valence-corrected chi connectivity index (χ3v) is 2.84. The molecule has 0 bridgehead atoms. The van der Waals surface area contributed by atoms with E-state index >= 15 is 0 Å². The molecule has 1 aromatic heterocycles. The highest BCUT2D eigenvalue weighted by molar-refractivity contribution is 7.17. The summed E-state index contributed by atoms with van der Waals surface area (Å²) in [7, 11) is 0. The van der Waals surface area contributed by atoms with Crippen LogP contribution < -0.4 is 5.73 Å². The quantitative estimate of drug-likeness (QED) is 0.736. The normalized spacial score (nSPS) is 10.4. The standard InChI is InChI=1S/C9H14N2O2S/c1-2-3-4-5-6-7(8(12)13)14-9(10)11-6/h2-5H2,1H3,(H2,10,11)(H,12,13). The van der Waals surface area contributed by atoms with Crippen molar-refractivity contribution in [3.8, 4) is 0 Å². The number of carboxylic acid groups (broad SMARTS) is 1. The Kier molecular flexibility index (Phi) is 3.88. The smallest absolute Gasteiger partial charge is 0.347 e. The van der Waals surface area contributed by atoms with Crippen molar-refractivity contribution in [3.05, 3.63) is 10.6 Å². The minimum absolute atomic E-state index is 0.290. The van der Waals surface area contributed by atoms with Gasteiger partial charge in [0.2, 0.25) is 0 Å². The second kappa shape index (κ2) is 4.95. The molecule has 14 heavy (non-hydrogen) atoms. The number of carbonyl (C=O) groups is 1. The predicted octanol–water partition coefficient (Wildman–Crippen LogP) is 2.16. The van der Waals surface area contributed by atoms with E-state index < -0.39 is 5.97 Å². The molecule has 0 saturated carbocycles. The Morgan fingerprint density at radius 2 is 2.29 bits per heavy atom. The molecule has 1 rings (SSSR count).